The molecule has 0 radical (unpaired) electrons. The van der Waals surface area contributed by atoms with E-state index in [0.29, 0.717) is 11.5 Å². The van der Waals surface area contributed by atoms with Gasteiger partial charge in [-0.2, -0.15) is 5.26 Å². The predicted octanol–water partition coefficient (Wildman–Crippen LogP) is 2.37. The number of nitrogens with zero attached hydrogens (tertiary/aromatic N) is 2. The Morgan fingerprint density at radius 1 is 1.53 bits per heavy atom. The van der Waals surface area contributed by atoms with Crippen LogP contribution in [0.25, 0.3) is 0 Å². The first-order valence-corrected chi connectivity index (χ1v) is 6.62. The second-order valence-corrected chi connectivity index (χ2v) is 5.38. The lowest BCUT2D eigenvalue weighted by atomic mass is 10.1. The number of nitriles is 1. The lowest BCUT2D eigenvalue weighted by molar-refractivity contribution is 0.549. The molecule has 1 N–H and O–H groups in total. The van der Waals surface area contributed by atoms with Crippen molar-refractivity contribution in [2.45, 2.75) is 6.42 Å². The average molecular weight is 294 g/mol. The Morgan fingerprint density at radius 2 is 2.35 bits per heavy atom. The van der Waals surface area contributed by atoms with E-state index in [9.17, 15) is 0 Å². The summed E-state index contributed by atoms with van der Waals surface area (Å²) in [6.07, 6.45) is 1.22. The first kappa shape index (κ1) is 12.4. The van der Waals surface area contributed by atoms with E-state index in [4.69, 9.17) is 5.26 Å². The summed E-state index contributed by atoms with van der Waals surface area (Å²) in [5, 5.41) is 12.2. The third kappa shape index (κ3) is 2.99. The summed E-state index contributed by atoms with van der Waals surface area (Å²) in [5.74, 6) is 0.713. The zero-order valence-corrected chi connectivity index (χ0v) is 11.5. The van der Waals surface area contributed by atoms with Gasteiger partial charge in [0.2, 0.25) is 0 Å². The minimum absolute atomic E-state index is 0.713. The number of nitrogens with one attached hydrogen (secondary N) is 1. The molecule has 3 nitrogen and oxygen atoms in total. The second-order valence-electron chi connectivity index (χ2n) is 4.47. The van der Waals surface area contributed by atoms with Gasteiger partial charge in [0.25, 0.3) is 0 Å². The normalized spacial score (nSPS) is 19.4. The second kappa shape index (κ2) is 5.52. The van der Waals surface area contributed by atoms with Gasteiger partial charge in [0.05, 0.1) is 11.6 Å². The summed E-state index contributed by atoms with van der Waals surface area (Å²) in [5.41, 5.74) is 1.86. The van der Waals surface area contributed by atoms with E-state index in [-0.39, 0.29) is 0 Å². The Labute approximate surface area is 111 Å². The van der Waals surface area contributed by atoms with Crippen LogP contribution in [-0.4, -0.2) is 26.7 Å². The lowest BCUT2D eigenvalue weighted by Gasteiger charge is -2.19. The van der Waals surface area contributed by atoms with E-state index in [2.05, 4.69) is 38.3 Å². The van der Waals surface area contributed by atoms with Crippen molar-refractivity contribution in [3.8, 4) is 6.07 Å². The molecule has 2 rings (SSSR count). The van der Waals surface area contributed by atoms with Crippen molar-refractivity contribution in [1.82, 2.24) is 5.32 Å². The summed E-state index contributed by atoms with van der Waals surface area (Å²) in [6.45, 7) is 3.21. The van der Waals surface area contributed by atoms with Gasteiger partial charge in [-0.15, -0.1) is 0 Å². The van der Waals surface area contributed by atoms with Gasteiger partial charge in [-0.1, -0.05) is 15.9 Å². The van der Waals surface area contributed by atoms with E-state index in [1.54, 1.807) is 0 Å². The molecule has 0 spiro atoms. The first-order valence-electron chi connectivity index (χ1n) is 5.83. The van der Waals surface area contributed by atoms with Crippen molar-refractivity contribution < 1.29 is 0 Å². The summed E-state index contributed by atoms with van der Waals surface area (Å²) in [6, 6.07) is 8.10. The molecule has 1 heterocycles. The van der Waals surface area contributed by atoms with Crippen LogP contribution in [0.5, 0.6) is 0 Å². The quantitative estimate of drug-likeness (QED) is 0.930. The molecule has 0 saturated carbocycles. The van der Waals surface area contributed by atoms with Crippen molar-refractivity contribution >= 4 is 21.6 Å². The molecule has 0 aliphatic carbocycles. The zero-order valence-electron chi connectivity index (χ0n) is 9.91. The molecule has 1 saturated heterocycles. The smallest absolute Gasteiger partial charge is 0.0992 e. The maximum absolute atomic E-state index is 8.97. The number of rotatable bonds is 3. The Balaban J connectivity index is 2.13. The average Bonchev–Trinajstić information content (AvgIpc) is 2.77. The summed E-state index contributed by atoms with van der Waals surface area (Å²) >= 11 is 3.46. The predicted molar refractivity (Wildman–Crippen MR) is 73.1 cm³/mol. The van der Waals surface area contributed by atoms with Crippen LogP contribution in [0.4, 0.5) is 5.69 Å². The molecule has 1 aliphatic rings. The highest BCUT2D eigenvalue weighted by molar-refractivity contribution is 9.10. The lowest BCUT2D eigenvalue weighted by Crippen LogP contribution is -2.24. The van der Waals surface area contributed by atoms with Gasteiger partial charge >= 0.3 is 0 Å². The molecule has 17 heavy (non-hydrogen) atoms. The third-order valence-electron chi connectivity index (χ3n) is 3.16. The van der Waals surface area contributed by atoms with Crippen LogP contribution in [-0.2, 0) is 0 Å². The summed E-state index contributed by atoms with van der Waals surface area (Å²) in [7, 11) is 2.00. The zero-order chi connectivity index (χ0) is 12.3. The number of halogens is 1. The molecule has 1 atom stereocenters. The fourth-order valence-corrected chi connectivity index (χ4v) is 2.82. The SMILES string of the molecule is CNCC1CCN(c2cc(Br)cc(C#N)c2)C1. The molecule has 1 fully saturated rings. The van der Waals surface area contributed by atoms with Gasteiger partial charge in [0.15, 0.2) is 0 Å². The maximum Gasteiger partial charge on any atom is 0.0992 e. The highest BCUT2D eigenvalue weighted by Gasteiger charge is 2.22. The van der Waals surface area contributed by atoms with E-state index >= 15 is 0 Å². The largest absolute Gasteiger partial charge is 0.371 e. The molecule has 0 amide bonds. The molecule has 0 bridgehead atoms. The fourth-order valence-electron chi connectivity index (χ4n) is 2.34. The molecule has 1 aliphatic heterocycles. The number of hydrogen-bond acceptors (Lipinski definition) is 3. The Kier molecular flexibility index (Phi) is 4.03. The molecule has 90 valence electrons. The summed E-state index contributed by atoms with van der Waals surface area (Å²) in [4.78, 5) is 2.35. The molecule has 1 unspecified atom stereocenters. The van der Waals surface area contributed by atoms with Gasteiger partial charge in [-0.25, -0.2) is 0 Å². The van der Waals surface area contributed by atoms with Gasteiger partial charge in [-0.3, -0.25) is 0 Å². The number of anilines is 1. The van der Waals surface area contributed by atoms with Crippen molar-refractivity contribution in [1.29, 1.82) is 5.26 Å². The minimum atomic E-state index is 0.713. The number of hydrogen-bond donors (Lipinski definition) is 1. The first-order chi connectivity index (χ1) is 8.22. The highest BCUT2D eigenvalue weighted by atomic mass is 79.9. The van der Waals surface area contributed by atoms with Crippen molar-refractivity contribution in [3.05, 3.63) is 28.2 Å². The van der Waals surface area contributed by atoms with Crippen molar-refractivity contribution in [3.63, 3.8) is 0 Å². The van der Waals surface area contributed by atoms with E-state index in [0.717, 1.165) is 29.8 Å². The van der Waals surface area contributed by atoms with Crippen LogP contribution in [0.2, 0.25) is 0 Å². The Bertz CT molecular complexity index is 439. The van der Waals surface area contributed by atoms with Crippen molar-refractivity contribution in [2.24, 2.45) is 5.92 Å². The Morgan fingerprint density at radius 3 is 3.06 bits per heavy atom. The topological polar surface area (TPSA) is 39.1 Å². The number of benzene rings is 1. The van der Waals surface area contributed by atoms with E-state index < -0.39 is 0 Å². The van der Waals surface area contributed by atoms with Crippen LogP contribution in [0.3, 0.4) is 0 Å². The molecule has 1 aromatic carbocycles. The minimum Gasteiger partial charge on any atom is -0.371 e. The van der Waals surface area contributed by atoms with Gasteiger partial charge in [0, 0.05) is 23.2 Å². The van der Waals surface area contributed by atoms with E-state index in [1.807, 2.05) is 19.2 Å². The third-order valence-corrected chi connectivity index (χ3v) is 3.61. The monoisotopic (exact) mass is 293 g/mol. The Hall–Kier alpha value is -1.05. The van der Waals surface area contributed by atoms with Gasteiger partial charge < -0.3 is 10.2 Å². The standard InChI is InChI=1S/C13H16BrN3/c1-16-8-10-2-3-17(9-10)13-5-11(7-15)4-12(14)6-13/h4-6,10,16H,2-3,8-9H2,1H3. The maximum atomic E-state index is 8.97. The summed E-state index contributed by atoms with van der Waals surface area (Å²) < 4.78 is 0.976. The van der Waals surface area contributed by atoms with Crippen LogP contribution in [0.1, 0.15) is 12.0 Å². The van der Waals surface area contributed by atoms with E-state index in [1.165, 1.54) is 6.42 Å². The van der Waals surface area contributed by atoms with Crippen LogP contribution in [0.15, 0.2) is 22.7 Å². The van der Waals surface area contributed by atoms with Crippen LogP contribution < -0.4 is 10.2 Å². The van der Waals surface area contributed by atoms with Crippen LogP contribution in [0, 0.1) is 17.2 Å². The van der Waals surface area contributed by atoms with Crippen molar-refractivity contribution in [2.75, 3.05) is 31.6 Å². The van der Waals surface area contributed by atoms with Crippen LogP contribution >= 0.6 is 15.9 Å². The molecular formula is C13H16BrN3. The molecule has 0 aromatic heterocycles. The molecule has 4 heteroatoms. The fraction of sp³-hybridized carbons (Fsp3) is 0.462. The molecule has 1 aromatic rings. The van der Waals surface area contributed by atoms with Gasteiger partial charge in [-0.05, 0) is 44.1 Å². The molecular weight excluding hydrogens is 278 g/mol. The highest BCUT2D eigenvalue weighted by Crippen LogP contribution is 2.27. The van der Waals surface area contributed by atoms with Gasteiger partial charge in [0.1, 0.15) is 0 Å².